The van der Waals surface area contributed by atoms with Crippen LogP contribution >= 0.6 is 0 Å². The molecule has 2 aliphatic rings. The molecule has 1 N–H and O–H groups in total. The minimum absolute atomic E-state index is 0.0928. The highest BCUT2D eigenvalue weighted by atomic mass is 32.2. The molecule has 0 unspecified atom stereocenters. The summed E-state index contributed by atoms with van der Waals surface area (Å²) >= 11 is 0. The fraction of sp³-hybridized carbons (Fsp3) is 0.500. The minimum atomic E-state index is -3.74. The van der Waals surface area contributed by atoms with Gasteiger partial charge in [0.05, 0.1) is 46.8 Å². The molecule has 1 amide bonds. The fourth-order valence-electron chi connectivity index (χ4n) is 4.00. The van der Waals surface area contributed by atoms with Gasteiger partial charge < -0.3 is 25.1 Å². The molecule has 12 nitrogen and oxygen atoms in total. The molecule has 0 atom stereocenters. The summed E-state index contributed by atoms with van der Waals surface area (Å²) in [5.74, 6) is -0.817. The van der Waals surface area contributed by atoms with Gasteiger partial charge in [-0.2, -0.15) is 8.99 Å². The van der Waals surface area contributed by atoms with Gasteiger partial charge in [-0.1, -0.05) is 0 Å². The summed E-state index contributed by atoms with van der Waals surface area (Å²) in [7, 11) is -3.74. The third kappa shape index (κ3) is 5.31. The van der Waals surface area contributed by atoms with Gasteiger partial charge in [-0.3, -0.25) is 4.79 Å². The zero-order valence-corrected chi connectivity index (χ0v) is 18.9. The van der Waals surface area contributed by atoms with Crippen LogP contribution in [0.25, 0.3) is 0 Å². The first-order valence-electron chi connectivity index (χ1n) is 10.8. The van der Waals surface area contributed by atoms with Gasteiger partial charge in [-0.05, 0) is 42.4 Å². The standard InChI is InChI=1S/C20H26N6O6S/c27-20(15-24-9-6-19(22-24)26(28)29)21-17-14-16(33(30,31)25-10-12-32-13-11-25)4-5-18(17)23-7-2-1-3-8-23/h4-6,9,14H,1-3,7-8,10-13,15H2,(H,21,27). The molecule has 0 radical (unpaired) electrons. The second-order valence-corrected chi connectivity index (χ2v) is 9.86. The van der Waals surface area contributed by atoms with Crippen molar-refractivity contribution in [3.63, 3.8) is 0 Å². The van der Waals surface area contributed by atoms with E-state index in [0.717, 1.165) is 38.0 Å². The molecule has 13 heteroatoms. The van der Waals surface area contributed by atoms with Crippen LogP contribution in [0.15, 0.2) is 35.4 Å². The van der Waals surface area contributed by atoms with Crippen molar-refractivity contribution in [2.75, 3.05) is 49.6 Å². The third-order valence-electron chi connectivity index (χ3n) is 5.67. The van der Waals surface area contributed by atoms with Crippen LogP contribution in [0.2, 0.25) is 0 Å². The molecule has 2 aliphatic heterocycles. The molecule has 33 heavy (non-hydrogen) atoms. The molecular formula is C20H26N6O6S. The second-order valence-electron chi connectivity index (χ2n) is 7.92. The molecule has 0 saturated carbocycles. The Morgan fingerprint density at radius 1 is 1.12 bits per heavy atom. The number of carbonyl (C=O) groups excluding carboxylic acids is 1. The summed E-state index contributed by atoms with van der Waals surface area (Å²) in [6, 6.07) is 5.99. The number of hydrogen-bond donors (Lipinski definition) is 1. The number of nitrogens with zero attached hydrogens (tertiary/aromatic N) is 5. The Balaban J connectivity index is 1.60. The minimum Gasteiger partial charge on any atom is -0.379 e. The summed E-state index contributed by atoms with van der Waals surface area (Å²) in [6.45, 7) is 2.60. The van der Waals surface area contributed by atoms with Gasteiger partial charge in [0.2, 0.25) is 15.9 Å². The molecule has 2 fully saturated rings. The van der Waals surface area contributed by atoms with E-state index < -0.39 is 20.9 Å². The van der Waals surface area contributed by atoms with Crippen molar-refractivity contribution in [1.82, 2.24) is 14.1 Å². The summed E-state index contributed by atoms with van der Waals surface area (Å²) in [6.07, 6.45) is 4.50. The summed E-state index contributed by atoms with van der Waals surface area (Å²) in [5.41, 5.74) is 1.13. The van der Waals surface area contributed by atoms with Gasteiger partial charge in [0.15, 0.2) is 0 Å². The number of nitro groups is 1. The van der Waals surface area contributed by atoms with Crippen molar-refractivity contribution in [2.24, 2.45) is 0 Å². The Bertz CT molecular complexity index is 1120. The van der Waals surface area contributed by atoms with Crippen LogP contribution < -0.4 is 10.2 Å². The monoisotopic (exact) mass is 478 g/mol. The lowest BCUT2D eigenvalue weighted by Crippen LogP contribution is -2.40. The number of aromatic nitrogens is 2. The van der Waals surface area contributed by atoms with E-state index in [1.54, 1.807) is 12.1 Å². The molecular weight excluding hydrogens is 452 g/mol. The predicted molar refractivity (Wildman–Crippen MR) is 120 cm³/mol. The summed E-state index contributed by atoms with van der Waals surface area (Å²) in [4.78, 5) is 25.1. The Hall–Kier alpha value is -3.03. The number of piperidine rings is 1. The fourth-order valence-corrected chi connectivity index (χ4v) is 5.43. The van der Waals surface area contributed by atoms with Gasteiger partial charge in [-0.25, -0.2) is 8.42 Å². The van der Waals surface area contributed by atoms with Crippen LogP contribution in [-0.4, -0.2) is 72.7 Å². The van der Waals surface area contributed by atoms with E-state index in [1.165, 1.54) is 27.3 Å². The van der Waals surface area contributed by atoms with E-state index >= 15 is 0 Å². The maximum Gasteiger partial charge on any atom is 0.389 e. The predicted octanol–water partition coefficient (Wildman–Crippen LogP) is 1.44. The highest BCUT2D eigenvalue weighted by Gasteiger charge is 2.28. The molecule has 0 spiro atoms. The van der Waals surface area contributed by atoms with Gasteiger partial charge in [0.1, 0.15) is 6.54 Å². The van der Waals surface area contributed by atoms with Crippen molar-refractivity contribution < 1.29 is 22.9 Å². The van der Waals surface area contributed by atoms with Gasteiger partial charge in [0.25, 0.3) is 0 Å². The molecule has 178 valence electrons. The Morgan fingerprint density at radius 3 is 2.52 bits per heavy atom. The Labute approximate surface area is 191 Å². The zero-order chi connectivity index (χ0) is 23.4. The number of benzene rings is 1. The van der Waals surface area contributed by atoms with E-state index in [2.05, 4.69) is 15.3 Å². The first-order chi connectivity index (χ1) is 15.8. The van der Waals surface area contributed by atoms with Crippen LogP contribution in [-0.2, 0) is 26.1 Å². The van der Waals surface area contributed by atoms with E-state index in [1.807, 2.05) is 0 Å². The second kappa shape index (κ2) is 9.85. The number of rotatable bonds is 7. The number of anilines is 2. The van der Waals surface area contributed by atoms with Crippen LogP contribution in [0.3, 0.4) is 0 Å². The van der Waals surface area contributed by atoms with Crippen LogP contribution in [0.5, 0.6) is 0 Å². The lowest BCUT2D eigenvalue weighted by molar-refractivity contribution is -0.389. The number of sulfonamides is 1. The smallest absolute Gasteiger partial charge is 0.379 e. The lowest BCUT2D eigenvalue weighted by Gasteiger charge is -2.31. The highest BCUT2D eigenvalue weighted by molar-refractivity contribution is 7.89. The normalized spacial score (nSPS) is 17.6. The molecule has 2 saturated heterocycles. The first-order valence-corrected chi connectivity index (χ1v) is 12.2. The average Bonchev–Trinajstić information content (AvgIpc) is 3.29. The molecule has 1 aromatic carbocycles. The average molecular weight is 479 g/mol. The number of morpholine rings is 1. The summed E-state index contributed by atoms with van der Waals surface area (Å²) < 4.78 is 34.1. The van der Waals surface area contributed by atoms with E-state index in [0.29, 0.717) is 18.9 Å². The molecule has 2 aromatic rings. The quantitative estimate of drug-likeness (QED) is 0.466. The number of ether oxygens (including phenoxy) is 1. The van der Waals surface area contributed by atoms with Crippen LogP contribution in [0.4, 0.5) is 17.2 Å². The van der Waals surface area contributed by atoms with Crippen molar-refractivity contribution in [3.8, 4) is 0 Å². The van der Waals surface area contributed by atoms with Gasteiger partial charge >= 0.3 is 5.82 Å². The molecule has 0 bridgehead atoms. The Morgan fingerprint density at radius 2 is 1.85 bits per heavy atom. The zero-order valence-electron chi connectivity index (χ0n) is 18.1. The number of carbonyl (C=O) groups is 1. The van der Waals surface area contributed by atoms with Crippen molar-refractivity contribution in [3.05, 3.63) is 40.6 Å². The van der Waals surface area contributed by atoms with Crippen molar-refractivity contribution >= 4 is 33.1 Å². The highest BCUT2D eigenvalue weighted by Crippen LogP contribution is 2.32. The largest absolute Gasteiger partial charge is 0.389 e. The van der Waals surface area contributed by atoms with E-state index in [9.17, 15) is 23.3 Å². The van der Waals surface area contributed by atoms with E-state index in [-0.39, 0.29) is 30.3 Å². The SMILES string of the molecule is O=C(Cn1ccc([N+](=O)[O-])n1)Nc1cc(S(=O)(=O)N2CCOCC2)ccc1N1CCCCC1. The first kappa shape index (κ1) is 23.1. The Kier molecular flexibility index (Phi) is 6.91. The molecule has 1 aromatic heterocycles. The van der Waals surface area contributed by atoms with Crippen molar-refractivity contribution in [1.29, 1.82) is 0 Å². The van der Waals surface area contributed by atoms with Gasteiger partial charge in [-0.15, -0.1) is 0 Å². The lowest BCUT2D eigenvalue weighted by atomic mass is 10.1. The topological polar surface area (TPSA) is 140 Å². The number of hydrogen-bond acceptors (Lipinski definition) is 8. The third-order valence-corrected chi connectivity index (χ3v) is 7.56. The molecule has 4 rings (SSSR count). The molecule has 0 aliphatic carbocycles. The van der Waals surface area contributed by atoms with Crippen molar-refractivity contribution in [2.45, 2.75) is 30.7 Å². The maximum absolute atomic E-state index is 13.1. The summed E-state index contributed by atoms with van der Waals surface area (Å²) in [5, 5.41) is 17.4. The van der Waals surface area contributed by atoms with Gasteiger partial charge in [0, 0.05) is 26.2 Å². The number of amides is 1. The molecule has 3 heterocycles. The van der Waals surface area contributed by atoms with Crippen LogP contribution in [0, 0.1) is 10.1 Å². The maximum atomic E-state index is 13.1. The van der Waals surface area contributed by atoms with E-state index in [4.69, 9.17) is 4.74 Å². The van der Waals surface area contributed by atoms with Crippen LogP contribution in [0.1, 0.15) is 19.3 Å². The number of nitrogens with one attached hydrogen (secondary N) is 1.